The number of unbranched alkanes of at least 4 members (excludes halogenated alkanes) is 2. The summed E-state index contributed by atoms with van der Waals surface area (Å²) < 4.78 is 12.9. The van der Waals surface area contributed by atoms with Crippen LogP contribution in [0.3, 0.4) is 0 Å². The number of hydrogen-bond donors (Lipinski definition) is 2. The molecule has 0 aromatic heterocycles. The van der Waals surface area contributed by atoms with Gasteiger partial charge in [0.25, 0.3) is 0 Å². The minimum absolute atomic E-state index is 0.0431. The molecule has 3 amide bonds. The standard InChI is InChI=1S/C39H49N3O7/c1-4-6-20-31(44)40-27(3)34(29-18-12-8-13-19-29)48-38(47)32-30-21-22-39(49-30)33(32)36(45)42(24-14-9-15-25-43)35(39)37(46)41(23-5-2)26-28-16-10-7-11-17-28/h4-5,7-8,10-13,16-19,27,30,32-35,43H,1-2,6,9,14-15,20-26H2,3H3,(H,40,44)/t27-,30-,32+,33+,34-,35-,39+/m1/s1. The third-order valence-electron chi connectivity index (χ3n) is 10.0. The van der Waals surface area contributed by atoms with Crippen LogP contribution in [0.2, 0.25) is 0 Å². The van der Waals surface area contributed by atoms with Gasteiger partial charge in [0, 0.05) is 32.7 Å². The Morgan fingerprint density at radius 3 is 2.47 bits per heavy atom. The Hall–Kier alpha value is -4.28. The monoisotopic (exact) mass is 671 g/mol. The number of aliphatic hydroxyl groups is 1. The van der Waals surface area contributed by atoms with Crippen molar-refractivity contribution in [2.45, 2.75) is 88.3 Å². The zero-order chi connectivity index (χ0) is 35.0. The fourth-order valence-corrected chi connectivity index (χ4v) is 7.82. The zero-order valence-corrected chi connectivity index (χ0v) is 28.4. The number of nitrogens with one attached hydrogen (secondary N) is 1. The van der Waals surface area contributed by atoms with E-state index in [1.807, 2.05) is 60.7 Å². The lowest BCUT2D eigenvalue weighted by Crippen LogP contribution is -2.56. The van der Waals surface area contributed by atoms with E-state index in [-0.39, 0.29) is 37.3 Å². The summed E-state index contributed by atoms with van der Waals surface area (Å²) in [5.74, 6) is -3.08. The normalized spacial score (nSPS) is 24.9. The Labute approximate surface area is 289 Å². The molecular formula is C39H49N3O7. The predicted octanol–water partition coefficient (Wildman–Crippen LogP) is 4.49. The van der Waals surface area contributed by atoms with Crippen LogP contribution in [-0.4, -0.2) is 82.1 Å². The highest BCUT2D eigenvalue weighted by Gasteiger charge is 2.75. The molecule has 3 heterocycles. The average molecular weight is 672 g/mol. The molecule has 3 saturated heterocycles. The Bertz CT molecular complexity index is 1480. The highest BCUT2D eigenvalue weighted by molar-refractivity contribution is 5.98. The molecule has 2 N–H and O–H groups in total. The fourth-order valence-electron chi connectivity index (χ4n) is 7.82. The van der Waals surface area contributed by atoms with Gasteiger partial charge in [-0.15, -0.1) is 13.2 Å². The van der Waals surface area contributed by atoms with E-state index in [0.29, 0.717) is 57.2 Å². The summed E-state index contributed by atoms with van der Waals surface area (Å²) in [5.41, 5.74) is 0.479. The van der Waals surface area contributed by atoms with E-state index >= 15 is 0 Å². The zero-order valence-electron chi connectivity index (χ0n) is 28.4. The molecular weight excluding hydrogens is 622 g/mol. The van der Waals surface area contributed by atoms with Crippen molar-refractivity contribution in [3.63, 3.8) is 0 Å². The second-order valence-electron chi connectivity index (χ2n) is 13.3. The van der Waals surface area contributed by atoms with Gasteiger partial charge in [-0.2, -0.15) is 0 Å². The molecule has 262 valence electrons. The van der Waals surface area contributed by atoms with Crippen molar-refractivity contribution in [2.75, 3.05) is 19.7 Å². The van der Waals surface area contributed by atoms with Crippen LogP contribution in [0.4, 0.5) is 0 Å². The van der Waals surface area contributed by atoms with Crippen molar-refractivity contribution in [1.29, 1.82) is 0 Å². The molecule has 0 unspecified atom stereocenters. The number of esters is 1. The van der Waals surface area contributed by atoms with Crippen LogP contribution in [0, 0.1) is 11.8 Å². The molecule has 2 aromatic rings. The number of allylic oxidation sites excluding steroid dienone is 1. The van der Waals surface area contributed by atoms with Crippen LogP contribution in [0.15, 0.2) is 86.0 Å². The van der Waals surface area contributed by atoms with Crippen LogP contribution >= 0.6 is 0 Å². The van der Waals surface area contributed by atoms with Crippen molar-refractivity contribution < 1.29 is 33.8 Å². The van der Waals surface area contributed by atoms with E-state index in [0.717, 1.165) is 5.56 Å². The summed E-state index contributed by atoms with van der Waals surface area (Å²) in [4.78, 5) is 59.3. The lowest BCUT2D eigenvalue weighted by atomic mass is 9.70. The molecule has 5 rings (SSSR count). The van der Waals surface area contributed by atoms with E-state index in [4.69, 9.17) is 9.47 Å². The number of amides is 3. The van der Waals surface area contributed by atoms with Gasteiger partial charge in [0.05, 0.1) is 24.0 Å². The van der Waals surface area contributed by atoms with Crippen LogP contribution in [-0.2, 0) is 35.2 Å². The molecule has 1 spiro atoms. The van der Waals surface area contributed by atoms with Gasteiger partial charge in [-0.3, -0.25) is 19.2 Å². The van der Waals surface area contributed by atoms with Gasteiger partial charge in [-0.05, 0) is 56.6 Å². The molecule has 49 heavy (non-hydrogen) atoms. The summed E-state index contributed by atoms with van der Waals surface area (Å²) in [5, 5.41) is 12.3. The summed E-state index contributed by atoms with van der Waals surface area (Å²) >= 11 is 0. The molecule has 3 aliphatic heterocycles. The first-order valence-corrected chi connectivity index (χ1v) is 17.4. The smallest absolute Gasteiger partial charge is 0.313 e. The molecule has 10 heteroatoms. The maximum absolute atomic E-state index is 14.6. The second-order valence-corrected chi connectivity index (χ2v) is 13.3. The Balaban J connectivity index is 1.44. The van der Waals surface area contributed by atoms with Crippen molar-refractivity contribution >= 4 is 23.7 Å². The van der Waals surface area contributed by atoms with Gasteiger partial charge in [0.15, 0.2) is 0 Å². The van der Waals surface area contributed by atoms with Crippen molar-refractivity contribution in [3.05, 3.63) is 97.1 Å². The van der Waals surface area contributed by atoms with Gasteiger partial charge in [-0.1, -0.05) is 72.8 Å². The van der Waals surface area contributed by atoms with Gasteiger partial charge >= 0.3 is 5.97 Å². The lowest BCUT2D eigenvalue weighted by Gasteiger charge is -2.37. The van der Waals surface area contributed by atoms with Gasteiger partial charge in [0.1, 0.15) is 17.7 Å². The van der Waals surface area contributed by atoms with E-state index in [9.17, 15) is 24.3 Å². The predicted molar refractivity (Wildman–Crippen MR) is 185 cm³/mol. The number of hydrogen-bond acceptors (Lipinski definition) is 7. The average Bonchev–Trinajstić information content (AvgIpc) is 3.75. The number of carbonyl (C=O) groups is 4. The largest absolute Gasteiger partial charge is 0.455 e. The SMILES string of the molecule is C=CCCC(=O)N[C@H](C)[C@@H](OC(=O)[C@@H]1[C@H]2C(=O)N(CCCCCO)[C@H](C(=O)N(CC=C)Cc3ccccc3)[C@]23CC[C@H]1O3)c1ccccc1. The van der Waals surface area contributed by atoms with Gasteiger partial charge in [0.2, 0.25) is 17.7 Å². The topological polar surface area (TPSA) is 125 Å². The molecule has 0 saturated carbocycles. The van der Waals surface area contributed by atoms with Crippen LogP contribution in [0.25, 0.3) is 0 Å². The summed E-state index contributed by atoms with van der Waals surface area (Å²) in [6.45, 7) is 10.3. The van der Waals surface area contributed by atoms with E-state index < -0.39 is 47.7 Å². The first-order valence-electron chi connectivity index (χ1n) is 17.4. The van der Waals surface area contributed by atoms with Crippen molar-refractivity contribution in [2.24, 2.45) is 11.8 Å². The summed E-state index contributed by atoms with van der Waals surface area (Å²) in [7, 11) is 0. The quantitative estimate of drug-likeness (QED) is 0.136. The molecule has 3 fully saturated rings. The van der Waals surface area contributed by atoms with Crippen molar-refractivity contribution in [3.8, 4) is 0 Å². The number of fused-ring (bicyclic) bond motifs is 1. The maximum atomic E-state index is 14.6. The number of ether oxygens (including phenoxy) is 2. The third kappa shape index (κ3) is 7.65. The fraction of sp³-hybridized carbons (Fsp3) is 0.487. The Kier molecular flexibility index (Phi) is 12.1. The van der Waals surface area contributed by atoms with Crippen LogP contribution in [0.5, 0.6) is 0 Å². The van der Waals surface area contributed by atoms with E-state index in [1.165, 1.54) is 0 Å². The number of aliphatic hydroxyl groups excluding tert-OH is 1. The van der Waals surface area contributed by atoms with Crippen LogP contribution < -0.4 is 5.32 Å². The molecule has 3 aliphatic rings. The first kappa shape index (κ1) is 36.0. The van der Waals surface area contributed by atoms with Crippen molar-refractivity contribution in [1.82, 2.24) is 15.1 Å². The highest BCUT2D eigenvalue weighted by Crippen LogP contribution is 2.59. The number of rotatable bonds is 18. The molecule has 0 aliphatic carbocycles. The second kappa shape index (κ2) is 16.4. The number of benzene rings is 2. The maximum Gasteiger partial charge on any atom is 0.313 e. The third-order valence-corrected chi connectivity index (χ3v) is 10.0. The Morgan fingerprint density at radius 1 is 1.08 bits per heavy atom. The molecule has 0 radical (unpaired) electrons. The minimum Gasteiger partial charge on any atom is -0.455 e. The van der Waals surface area contributed by atoms with E-state index in [2.05, 4.69) is 18.5 Å². The number of nitrogens with zero attached hydrogens (tertiary/aromatic N) is 2. The van der Waals surface area contributed by atoms with Crippen LogP contribution in [0.1, 0.15) is 69.1 Å². The Morgan fingerprint density at radius 2 is 1.80 bits per heavy atom. The summed E-state index contributed by atoms with van der Waals surface area (Å²) in [6, 6.07) is 17.4. The molecule has 2 bridgehead atoms. The highest BCUT2D eigenvalue weighted by atomic mass is 16.6. The summed E-state index contributed by atoms with van der Waals surface area (Å²) in [6.07, 6.45) is 5.58. The van der Waals surface area contributed by atoms with E-state index in [1.54, 1.807) is 28.9 Å². The molecule has 10 nitrogen and oxygen atoms in total. The van der Waals surface area contributed by atoms with Gasteiger partial charge < -0.3 is 29.7 Å². The minimum atomic E-state index is -1.18. The van der Waals surface area contributed by atoms with Gasteiger partial charge in [-0.25, -0.2) is 0 Å². The number of likely N-dealkylation sites (tertiary alicyclic amines) is 1. The molecule has 7 atom stereocenters. The lowest BCUT2D eigenvalue weighted by molar-refractivity contribution is -0.162. The first-order chi connectivity index (χ1) is 23.7. The molecule has 2 aromatic carbocycles. The number of carbonyl (C=O) groups excluding carboxylic acids is 4.